The monoisotopic (exact) mass is 299 g/mol. The lowest BCUT2D eigenvalue weighted by molar-refractivity contribution is 0.0521. The van der Waals surface area contributed by atoms with Crippen LogP contribution in [-0.4, -0.2) is 22.1 Å². The number of aromatic nitrogens is 2. The van der Waals surface area contributed by atoms with Crippen LogP contribution in [0.4, 0.5) is 5.82 Å². The van der Waals surface area contributed by atoms with Crippen molar-refractivity contribution in [2.45, 2.75) is 6.92 Å². The summed E-state index contributed by atoms with van der Waals surface area (Å²) >= 11 is 11.8. The smallest absolute Gasteiger partial charge is 0.360 e. The lowest BCUT2D eigenvalue weighted by atomic mass is 10.3. The third-order valence-electron chi connectivity index (χ3n) is 2.45. The van der Waals surface area contributed by atoms with E-state index < -0.39 is 5.97 Å². The number of carbonyl (C=O) groups is 1. The van der Waals surface area contributed by atoms with Crippen LogP contribution in [0.15, 0.2) is 24.5 Å². The number of imidazole rings is 1. The van der Waals surface area contributed by atoms with E-state index in [1.54, 1.807) is 25.1 Å². The minimum Gasteiger partial charge on any atom is -0.461 e. The molecule has 0 saturated heterocycles. The van der Waals surface area contributed by atoms with Crippen molar-refractivity contribution >= 4 is 35.0 Å². The highest BCUT2D eigenvalue weighted by Gasteiger charge is 2.17. The minimum atomic E-state index is -0.557. The highest BCUT2D eigenvalue weighted by atomic mass is 35.5. The molecule has 1 heterocycles. The van der Waals surface area contributed by atoms with Gasteiger partial charge in [0.1, 0.15) is 12.1 Å². The van der Waals surface area contributed by atoms with Crippen LogP contribution in [0, 0.1) is 0 Å². The van der Waals surface area contributed by atoms with Crippen molar-refractivity contribution in [2.75, 3.05) is 12.3 Å². The summed E-state index contributed by atoms with van der Waals surface area (Å²) in [6, 6.07) is 5.00. The Balaban J connectivity index is 2.41. The van der Waals surface area contributed by atoms with Gasteiger partial charge in [-0.1, -0.05) is 23.2 Å². The SMILES string of the molecule is CCOC(=O)c1ncn(-c2ccc(Cl)c(Cl)c2)c1N. The Morgan fingerprint density at radius 2 is 2.16 bits per heavy atom. The molecule has 0 saturated carbocycles. The average molecular weight is 300 g/mol. The van der Waals surface area contributed by atoms with Gasteiger partial charge < -0.3 is 10.5 Å². The topological polar surface area (TPSA) is 70.1 Å². The fourth-order valence-corrected chi connectivity index (χ4v) is 1.85. The Bertz CT molecular complexity index is 625. The molecule has 2 N–H and O–H groups in total. The highest BCUT2D eigenvalue weighted by molar-refractivity contribution is 6.42. The fourth-order valence-electron chi connectivity index (χ4n) is 1.56. The molecule has 0 aliphatic carbocycles. The van der Waals surface area contributed by atoms with Crippen LogP contribution in [0.1, 0.15) is 17.4 Å². The zero-order chi connectivity index (χ0) is 14.0. The standard InChI is InChI=1S/C12H11Cl2N3O2/c1-2-19-12(18)10-11(15)17(6-16-10)7-3-4-8(13)9(14)5-7/h3-6H,2,15H2,1H3. The van der Waals surface area contributed by atoms with E-state index in [4.69, 9.17) is 33.7 Å². The van der Waals surface area contributed by atoms with Gasteiger partial charge in [-0.05, 0) is 25.1 Å². The maximum Gasteiger partial charge on any atom is 0.360 e. The third kappa shape index (κ3) is 2.67. The van der Waals surface area contributed by atoms with Crippen molar-refractivity contribution in [2.24, 2.45) is 0 Å². The number of carbonyl (C=O) groups excluding carboxylic acids is 1. The van der Waals surface area contributed by atoms with Crippen molar-refractivity contribution in [3.63, 3.8) is 0 Å². The predicted molar refractivity (Wildman–Crippen MR) is 74.0 cm³/mol. The first-order valence-corrected chi connectivity index (χ1v) is 6.25. The van der Waals surface area contributed by atoms with E-state index in [0.717, 1.165) is 0 Å². The number of benzene rings is 1. The first-order valence-electron chi connectivity index (χ1n) is 5.50. The zero-order valence-corrected chi connectivity index (χ0v) is 11.6. The molecule has 0 spiro atoms. The molecule has 0 unspecified atom stereocenters. The van der Waals surface area contributed by atoms with Crippen LogP contribution in [0.5, 0.6) is 0 Å². The summed E-state index contributed by atoms with van der Waals surface area (Å²) in [5.74, 6) is -0.365. The largest absolute Gasteiger partial charge is 0.461 e. The van der Waals surface area contributed by atoms with Gasteiger partial charge in [-0.3, -0.25) is 4.57 Å². The molecule has 7 heteroatoms. The molecule has 1 aromatic carbocycles. The Hall–Kier alpha value is -1.72. The Morgan fingerprint density at radius 3 is 2.79 bits per heavy atom. The normalized spacial score (nSPS) is 10.5. The molecular weight excluding hydrogens is 289 g/mol. The van der Waals surface area contributed by atoms with Gasteiger partial charge in [0, 0.05) is 0 Å². The van der Waals surface area contributed by atoms with E-state index in [0.29, 0.717) is 15.7 Å². The molecule has 0 bridgehead atoms. The van der Waals surface area contributed by atoms with Crippen LogP contribution in [-0.2, 0) is 4.74 Å². The number of hydrogen-bond acceptors (Lipinski definition) is 4. The maximum atomic E-state index is 11.6. The van der Waals surface area contributed by atoms with Crippen LogP contribution >= 0.6 is 23.2 Å². The highest BCUT2D eigenvalue weighted by Crippen LogP contribution is 2.26. The number of anilines is 1. The van der Waals surface area contributed by atoms with E-state index in [-0.39, 0.29) is 18.1 Å². The summed E-state index contributed by atoms with van der Waals surface area (Å²) in [6.07, 6.45) is 1.43. The maximum absolute atomic E-state index is 11.6. The molecule has 0 radical (unpaired) electrons. The lowest BCUT2D eigenvalue weighted by Gasteiger charge is -2.06. The van der Waals surface area contributed by atoms with Gasteiger partial charge in [0.2, 0.25) is 0 Å². The van der Waals surface area contributed by atoms with Crippen molar-refractivity contribution in [1.82, 2.24) is 9.55 Å². The number of nitrogens with zero attached hydrogens (tertiary/aromatic N) is 2. The summed E-state index contributed by atoms with van der Waals surface area (Å²) in [6.45, 7) is 1.97. The lowest BCUT2D eigenvalue weighted by Crippen LogP contribution is -2.09. The summed E-state index contributed by atoms with van der Waals surface area (Å²) in [4.78, 5) is 15.6. The van der Waals surface area contributed by atoms with Gasteiger partial charge in [-0.25, -0.2) is 9.78 Å². The zero-order valence-electron chi connectivity index (χ0n) is 10.1. The number of ether oxygens (including phenoxy) is 1. The molecule has 100 valence electrons. The number of nitrogens with two attached hydrogens (primary N) is 1. The summed E-state index contributed by atoms with van der Waals surface area (Å²) in [7, 11) is 0. The van der Waals surface area contributed by atoms with E-state index in [1.807, 2.05) is 0 Å². The summed E-state index contributed by atoms with van der Waals surface area (Å²) in [5, 5.41) is 0.833. The summed E-state index contributed by atoms with van der Waals surface area (Å²) < 4.78 is 6.40. The van der Waals surface area contributed by atoms with Gasteiger partial charge in [0.15, 0.2) is 5.69 Å². The van der Waals surface area contributed by atoms with Gasteiger partial charge in [-0.2, -0.15) is 0 Å². The van der Waals surface area contributed by atoms with Crippen molar-refractivity contribution in [1.29, 1.82) is 0 Å². The molecule has 0 fully saturated rings. The number of nitrogen functional groups attached to an aromatic ring is 1. The molecule has 0 aliphatic heterocycles. The summed E-state index contributed by atoms with van der Waals surface area (Å²) in [5.41, 5.74) is 6.62. The molecule has 0 amide bonds. The Morgan fingerprint density at radius 1 is 1.42 bits per heavy atom. The van der Waals surface area contributed by atoms with E-state index >= 15 is 0 Å². The average Bonchev–Trinajstić information content (AvgIpc) is 2.75. The minimum absolute atomic E-state index is 0.0768. The van der Waals surface area contributed by atoms with Gasteiger partial charge >= 0.3 is 5.97 Å². The van der Waals surface area contributed by atoms with Crippen LogP contribution in [0.2, 0.25) is 10.0 Å². The third-order valence-corrected chi connectivity index (χ3v) is 3.19. The van der Waals surface area contributed by atoms with Crippen molar-refractivity contribution in [3.8, 4) is 5.69 Å². The van der Waals surface area contributed by atoms with Gasteiger partial charge in [0.05, 0.1) is 22.3 Å². The van der Waals surface area contributed by atoms with Gasteiger partial charge in [-0.15, -0.1) is 0 Å². The van der Waals surface area contributed by atoms with Crippen LogP contribution in [0.25, 0.3) is 5.69 Å². The molecule has 19 heavy (non-hydrogen) atoms. The molecule has 2 aromatic rings. The fraction of sp³-hybridized carbons (Fsp3) is 0.167. The first kappa shape index (κ1) is 13.7. The van der Waals surface area contributed by atoms with Crippen molar-refractivity contribution < 1.29 is 9.53 Å². The molecule has 2 rings (SSSR count). The second-order valence-corrected chi connectivity index (χ2v) is 4.48. The van der Waals surface area contributed by atoms with E-state index in [1.165, 1.54) is 10.9 Å². The number of halogens is 2. The number of hydrogen-bond donors (Lipinski definition) is 1. The molecule has 0 aliphatic rings. The van der Waals surface area contributed by atoms with Crippen LogP contribution < -0.4 is 5.73 Å². The molecule has 1 aromatic heterocycles. The predicted octanol–water partition coefficient (Wildman–Crippen LogP) is 2.94. The first-order chi connectivity index (χ1) is 9.04. The van der Waals surface area contributed by atoms with E-state index in [9.17, 15) is 4.79 Å². The quantitative estimate of drug-likeness (QED) is 0.885. The van der Waals surface area contributed by atoms with E-state index in [2.05, 4.69) is 4.98 Å². The number of rotatable bonds is 3. The second-order valence-electron chi connectivity index (χ2n) is 3.67. The second kappa shape index (κ2) is 5.50. The number of esters is 1. The van der Waals surface area contributed by atoms with Crippen molar-refractivity contribution in [3.05, 3.63) is 40.3 Å². The molecule has 0 atom stereocenters. The Labute approximate surface area is 119 Å². The Kier molecular flexibility index (Phi) is 3.97. The van der Waals surface area contributed by atoms with Gasteiger partial charge in [0.25, 0.3) is 0 Å². The molecule has 5 nitrogen and oxygen atoms in total. The molecular formula is C12H11Cl2N3O2. The van der Waals surface area contributed by atoms with Crippen LogP contribution in [0.3, 0.4) is 0 Å².